The lowest BCUT2D eigenvalue weighted by molar-refractivity contribution is -0.144. The molecular formula is C32H41F3N8O5. The van der Waals surface area contributed by atoms with E-state index in [0.29, 0.717) is 69.9 Å². The van der Waals surface area contributed by atoms with Gasteiger partial charge < -0.3 is 35.6 Å². The number of ether oxygens (including phenoxy) is 1. The van der Waals surface area contributed by atoms with Gasteiger partial charge in [-0.25, -0.2) is 14.8 Å². The van der Waals surface area contributed by atoms with Gasteiger partial charge in [-0.1, -0.05) is 12.1 Å². The number of nitriles is 1. The maximum atomic E-state index is 13.9. The summed E-state index contributed by atoms with van der Waals surface area (Å²) in [5.74, 6) is -1.04. The number of carboxylic acid groups (broad SMARTS) is 1. The topological polar surface area (TPSA) is 173 Å². The van der Waals surface area contributed by atoms with Gasteiger partial charge in [-0.05, 0) is 62.1 Å². The number of piperidine rings is 1. The van der Waals surface area contributed by atoms with E-state index in [1.807, 2.05) is 17.0 Å². The van der Waals surface area contributed by atoms with Crippen molar-refractivity contribution in [3.63, 3.8) is 0 Å². The molecule has 3 heterocycles. The van der Waals surface area contributed by atoms with Crippen LogP contribution in [0.15, 0.2) is 30.3 Å². The Kier molecular flexibility index (Phi) is 13.2. The summed E-state index contributed by atoms with van der Waals surface area (Å²) in [5.41, 5.74) is 1.50. The van der Waals surface area contributed by atoms with E-state index in [2.05, 4.69) is 32.0 Å². The Hall–Kier alpha value is -4.65. The zero-order valence-electron chi connectivity index (χ0n) is 26.6. The zero-order valence-corrected chi connectivity index (χ0v) is 26.6. The molecule has 1 aromatic heterocycles. The van der Waals surface area contributed by atoms with Crippen molar-refractivity contribution in [3.05, 3.63) is 47.3 Å². The minimum absolute atomic E-state index is 0.0706. The van der Waals surface area contributed by atoms with E-state index >= 15 is 0 Å². The molecule has 2 aromatic rings. The van der Waals surface area contributed by atoms with Crippen molar-refractivity contribution >= 4 is 29.5 Å². The number of hydrogen-bond donors (Lipinski definition) is 4. The van der Waals surface area contributed by atoms with Gasteiger partial charge in [0.25, 0.3) is 0 Å². The number of alkyl halides is 3. The highest BCUT2D eigenvalue weighted by Crippen LogP contribution is 2.34. The molecule has 4 N–H and O–H groups in total. The highest BCUT2D eigenvalue weighted by atomic mass is 19.4. The van der Waals surface area contributed by atoms with Crippen LogP contribution in [0.5, 0.6) is 0 Å². The van der Waals surface area contributed by atoms with Crippen molar-refractivity contribution in [2.75, 3.05) is 62.3 Å². The van der Waals surface area contributed by atoms with Crippen LogP contribution < -0.4 is 25.8 Å². The van der Waals surface area contributed by atoms with E-state index in [0.717, 1.165) is 24.8 Å². The van der Waals surface area contributed by atoms with Gasteiger partial charge in [0.1, 0.15) is 17.7 Å². The third kappa shape index (κ3) is 11.0. The number of hydrogen-bond acceptors (Lipinski definition) is 9. The third-order valence-corrected chi connectivity index (χ3v) is 8.41. The van der Waals surface area contributed by atoms with E-state index in [1.165, 1.54) is 6.07 Å². The first-order valence-electron chi connectivity index (χ1n) is 16.1. The molecule has 2 saturated heterocycles. The maximum absolute atomic E-state index is 13.9. The molecule has 1 unspecified atom stereocenters. The number of carbonyl (C=O) groups is 3. The summed E-state index contributed by atoms with van der Waals surface area (Å²) in [5, 5.41) is 25.2. The van der Waals surface area contributed by atoms with Crippen molar-refractivity contribution in [2.45, 2.75) is 57.2 Å². The molecule has 13 nitrogen and oxygen atoms in total. The summed E-state index contributed by atoms with van der Waals surface area (Å²) in [6.45, 7) is 2.76. The summed E-state index contributed by atoms with van der Waals surface area (Å²) < 4.78 is 46.8. The smallest absolute Gasteiger partial charge is 0.451 e. The predicted octanol–water partition coefficient (Wildman–Crippen LogP) is 3.09. The van der Waals surface area contributed by atoms with Crippen LogP contribution in [0.2, 0.25) is 0 Å². The molecular weight excluding hydrogens is 633 g/mol. The molecule has 2 fully saturated rings. The van der Waals surface area contributed by atoms with E-state index < -0.39 is 24.1 Å². The first-order valence-corrected chi connectivity index (χ1v) is 16.1. The average Bonchev–Trinajstić information content (AvgIpc) is 3.04. The highest BCUT2D eigenvalue weighted by molar-refractivity contribution is 5.86. The fourth-order valence-corrected chi connectivity index (χ4v) is 5.67. The normalized spacial score (nSPS) is 16.5. The number of benzene rings is 1. The first-order chi connectivity index (χ1) is 23.0. The van der Waals surface area contributed by atoms with E-state index in [4.69, 9.17) is 15.1 Å². The molecule has 0 saturated carbocycles. The van der Waals surface area contributed by atoms with Crippen molar-refractivity contribution in [2.24, 2.45) is 5.92 Å². The van der Waals surface area contributed by atoms with Crippen LogP contribution in [0.1, 0.15) is 55.5 Å². The molecule has 0 radical (unpaired) electrons. The fraction of sp³-hybridized carbons (Fsp3) is 0.562. The van der Waals surface area contributed by atoms with Crippen molar-refractivity contribution < 1.29 is 37.4 Å². The SMILES string of the molecule is N#Cc1ccc(CCNC(=O)C2CCN2c2cc(N3CCC(CCCC(=O)NCCOCCNC(=O)O)CC3)nc(C(F)(F)F)n2)cc1. The Bertz CT molecular complexity index is 1430. The number of nitrogens with one attached hydrogen (secondary N) is 3. The van der Waals surface area contributed by atoms with Crippen LogP contribution in [0, 0.1) is 17.2 Å². The number of anilines is 2. The molecule has 0 spiro atoms. The van der Waals surface area contributed by atoms with Gasteiger partial charge in [-0.2, -0.15) is 18.4 Å². The lowest BCUT2D eigenvalue weighted by atomic mass is 9.91. The first kappa shape index (κ1) is 36.2. The van der Waals surface area contributed by atoms with Crippen molar-refractivity contribution in [1.29, 1.82) is 5.26 Å². The van der Waals surface area contributed by atoms with Crippen molar-refractivity contribution in [3.8, 4) is 6.07 Å². The molecule has 4 rings (SSSR count). The van der Waals surface area contributed by atoms with E-state index in [9.17, 15) is 27.6 Å². The molecule has 2 aliphatic rings. The van der Waals surface area contributed by atoms with Gasteiger partial charge >= 0.3 is 12.3 Å². The number of amides is 3. The van der Waals surface area contributed by atoms with E-state index in [1.54, 1.807) is 17.0 Å². The number of rotatable bonds is 16. The second-order valence-electron chi connectivity index (χ2n) is 11.8. The molecule has 0 aliphatic carbocycles. The molecule has 1 aromatic carbocycles. The Morgan fingerprint density at radius 3 is 2.27 bits per heavy atom. The van der Waals surface area contributed by atoms with Gasteiger partial charge in [0, 0.05) is 51.8 Å². The summed E-state index contributed by atoms with van der Waals surface area (Å²) in [4.78, 5) is 46.5. The van der Waals surface area contributed by atoms with Gasteiger partial charge in [0.2, 0.25) is 17.6 Å². The highest BCUT2D eigenvalue weighted by Gasteiger charge is 2.40. The largest absolute Gasteiger partial charge is 0.465 e. The zero-order chi connectivity index (χ0) is 34.5. The minimum Gasteiger partial charge on any atom is -0.465 e. The standard InChI is InChI=1S/C32H41F3N8O5/c33-32(34,35)30-40-26(42-15-9-22(10-16-42)2-1-3-28(44)37-13-18-48-19-14-39-31(46)47)20-27(41-30)43-17-11-25(43)29(45)38-12-8-23-4-6-24(21-36)7-5-23/h4-7,20,22,25,39H,1-3,8-19H2,(H,37,44)(H,38,45)(H,46,47). The molecule has 16 heteroatoms. The average molecular weight is 675 g/mol. The Morgan fingerprint density at radius 2 is 1.65 bits per heavy atom. The minimum atomic E-state index is -4.75. The number of nitrogens with zero attached hydrogens (tertiary/aromatic N) is 5. The maximum Gasteiger partial charge on any atom is 0.451 e. The summed E-state index contributed by atoms with van der Waals surface area (Å²) >= 11 is 0. The van der Waals surface area contributed by atoms with Crippen LogP contribution >= 0.6 is 0 Å². The molecule has 3 amide bonds. The lowest BCUT2D eigenvalue weighted by Crippen LogP contribution is -2.57. The fourth-order valence-electron chi connectivity index (χ4n) is 5.67. The molecule has 260 valence electrons. The third-order valence-electron chi connectivity index (χ3n) is 8.41. The quantitative estimate of drug-likeness (QED) is 0.194. The number of carbonyl (C=O) groups excluding carboxylic acids is 2. The van der Waals surface area contributed by atoms with Gasteiger partial charge in [0.05, 0.1) is 24.8 Å². The molecule has 2 aliphatic heterocycles. The molecule has 48 heavy (non-hydrogen) atoms. The van der Waals surface area contributed by atoms with Gasteiger partial charge in [-0.3, -0.25) is 9.59 Å². The van der Waals surface area contributed by atoms with Crippen LogP contribution in [0.3, 0.4) is 0 Å². The Balaban J connectivity index is 1.23. The van der Waals surface area contributed by atoms with Crippen molar-refractivity contribution in [1.82, 2.24) is 25.9 Å². The second kappa shape index (κ2) is 17.5. The second-order valence-corrected chi connectivity index (χ2v) is 11.8. The molecule has 1 atom stereocenters. The van der Waals surface area contributed by atoms with Gasteiger partial charge in [0.15, 0.2) is 0 Å². The summed E-state index contributed by atoms with van der Waals surface area (Å²) in [7, 11) is 0. The summed E-state index contributed by atoms with van der Waals surface area (Å²) in [6, 6.07) is 10.00. The molecule has 0 bridgehead atoms. The van der Waals surface area contributed by atoms with Crippen LogP contribution in [-0.4, -0.2) is 91.5 Å². The Labute approximate surface area is 276 Å². The number of halogens is 3. The Morgan fingerprint density at radius 1 is 0.958 bits per heavy atom. The monoisotopic (exact) mass is 674 g/mol. The lowest BCUT2D eigenvalue weighted by Gasteiger charge is -2.41. The van der Waals surface area contributed by atoms with Crippen LogP contribution in [0.4, 0.5) is 29.6 Å². The predicted molar refractivity (Wildman–Crippen MR) is 169 cm³/mol. The van der Waals surface area contributed by atoms with Crippen LogP contribution in [0.25, 0.3) is 0 Å². The number of aromatic nitrogens is 2. The van der Waals surface area contributed by atoms with Gasteiger partial charge in [-0.15, -0.1) is 0 Å². The summed E-state index contributed by atoms with van der Waals surface area (Å²) in [6.07, 6.45) is -1.49. The van der Waals surface area contributed by atoms with Crippen LogP contribution in [-0.2, 0) is 26.9 Å². The van der Waals surface area contributed by atoms with E-state index in [-0.39, 0.29) is 43.2 Å².